The van der Waals surface area contributed by atoms with Gasteiger partial charge in [-0.3, -0.25) is 0 Å². The molecule has 0 saturated heterocycles. The predicted molar refractivity (Wildman–Crippen MR) is 83.3 cm³/mol. The molecule has 0 unspecified atom stereocenters. The summed E-state index contributed by atoms with van der Waals surface area (Å²) in [7, 11) is 0. The van der Waals surface area contributed by atoms with Crippen LogP contribution in [0.1, 0.15) is 30.7 Å². The van der Waals surface area contributed by atoms with Crippen molar-refractivity contribution in [2.75, 3.05) is 0 Å². The van der Waals surface area contributed by atoms with E-state index in [1.165, 1.54) is 0 Å². The van der Waals surface area contributed by atoms with Gasteiger partial charge in [0.1, 0.15) is 12.4 Å². The van der Waals surface area contributed by atoms with Crippen molar-refractivity contribution in [2.45, 2.75) is 39.6 Å². The molecule has 0 radical (unpaired) electrons. The summed E-state index contributed by atoms with van der Waals surface area (Å²) in [6.45, 7) is 6.15. The lowest BCUT2D eigenvalue weighted by Gasteiger charge is -2.08. The lowest BCUT2D eigenvalue weighted by atomic mass is 10.2. The van der Waals surface area contributed by atoms with Crippen molar-refractivity contribution in [1.29, 1.82) is 0 Å². The van der Waals surface area contributed by atoms with Gasteiger partial charge in [0.05, 0.1) is 12.9 Å². The van der Waals surface area contributed by atoms with Crippen LogP contribution in [0.15, 0.2) is 45.5 Å². The average molecular weight is 338 g/mol. The van der Waals surface area contributed by atoms with Gasteiger partial charge in [-0.1, -0.05) is 41.9 Å². The average Bonchev–Trinajstić information content (AvgIpc) is 2.86. The van der Waals surface area contributed by atoms with E-state index in [0.717, 1.165) is 27.9 Å². The third-order valence-electron chi connectivity index (χ3n) is 2.95. The van der Waals surface area contributed by atoms with Gasteiger partial charge in [0.25, 0.3) is 0 Å². The number of halogens is 1. The Morgan fingerprint density at radius 2 is 1.90 bits per heavy atom. The van der Waals surface area contributed by atoms with Gasteiger partial charge >= 0.3 is 0 Å². The maximum absolute atomic E-state index is 5.71. The van der Waals surface area contributed by atoms with Gasteiger partial charge in [0.15, 0.2) is 0 Å². The van der Waals surface area contributed by atoms with Crippen LogP contribution in [0.4, 0.5) is 0 Å². The lowest BCUT2D eigenvalue weighted by Crippen LogP contribution is -2.22. The largest absolute Gasteiger partial charge is 0.467 e. The number of hydrogen-bond donors (Lipinski definition) is 1. The van der Waals surface area contributed by atoms with Crippen LogP contribution in [0.3, 0.4) is 0 Å². The smallest absolute Gasteiger partial charge is 0.133 e. The van der Waals surface area contributed by atoms with Crippen LogP contribution in [-0.4, -0.2) is 6.04 Å². The second-order valence-corrected chi connectivity index (χ2v) is 5.94. The Balaban J connectivity index is 1.82. The summed E-state index contributed by atoms with van der Waals surface area (Å²) < 4.78 is 12.3. The summed E-state index contributed by atoms with van der Waals surface area (Å²) in [5, 5.41) is 3.38. The normalized spacial score (nSPS) is 11.2. The summed E-state index contributed by atoms with van der Waals surface area (Å²) in [6, 6.07) is 10.6. The number of benzene rings is 1. The molecule has 0 aliphatic carbocycles. The minimum Gasteiger partial charge on any atom is -0.467 e. The van der Waals surface area contributed by atoms with Crippen molar-refractivity contribution < 1.29 is 9.15 Å². The maximum Gasteiger partial charge on any atom is 0.133 e. The predicted octanol–water partition coefficient (Wildman–Crippen LogP) is 4.26. The molecule has 1 N–H and O–H groups in total. The van der Waals surface area contributed by atoms with Gasteiger partial charge in [-0.2, -0.15) is 0 Å². The zero-order chi connectivity index (χ0) is 14.4. The molecule has 2 aromatic rings. The van der Waals surface area contributed by atoms with Crippen LogP contribution >= 0.6 is 15.9 Å². The van der Waals surface area contributed by atoms with Crippen molar-refractivity contribution in [1.82, 2.24) is 5.32 Å². The maximum atomic E-state index is 5.71. The van der Waals surface area contributed by atoms with E-state index in [4.69, 9.17) is 9.15 Å². The van der Waals surface area contributed by atoms with E-state index in [9.17, 15) is 0 Å². The Labute approximate surface area is 128 Å². The van der Waals surface area contributed by atoms with Gasteiger partial charge in [0.2, 0.25) is 0 Å². The molecule has 2 rings (SSSR count). The van der Waals surface area contributed by atoms with Crippen molar-refractivity contribution in [2.24, 2.45) is 0 Å². The topological polar surface area (TPSA) is 34.4 Å². The fraction of sp³-hybridized carbons (Fsp3) is 0.375. The first-order valence-corrected chi connectivity index (χ1v) is 7.55. The summed E-state index contributed by atoms with van der Waals surface area (Å²) in [5.74, 6) is 0.898. The SMILES string of the molecule is CC(C)NCc1ccoc1COCc1ccc(Br)cc1. The van der Waals surface area contributed by atoms with Crippen LogP contribution in [-0.2, 0) is 24.5 Å². The van der Waals surface area contributed by atoms with E-state index in [1.54, 1.807) is 6.26 Å². The molecule has 0 saturated carbocycles. The van der Waals surface area contributed by atoms with Crippen LogP contribution < -0.4 is 5.32 Å². The molecule has 1 aromatic carbocycles. The summed E-state index contributed by atoms with van der Waals surface area (Å²) in [4.78, 5) is 0. The summed E-state index contributed by atoms with van der Waals surface area (Å²) in [6.07, 6.45) is 1.72. The third kappa shape index (κ3) is 4.78. The Bertz CT molecular complexity index is 520. The molecule has 0 aliphatic heterocycles. The van der Waals surface area contributed by atoms with Crippen molar-refractivity contribution in [3.05, 3.63) is 58.0 Å². The van der Waals surface area contributed by atoms with E-state index in [-0.39, 0.29) is 0 Å². The minimum atomic E-state index is 0.460. The first kappa shape index (κ1) is 15.3. The molecular weight excluding hydrogens is 318 g/mol. The second-order valence-electron chi connectivity index (χ2n) is 5.02. The fourth-order valence-electron chi connectivity index (χ4n) is 1.81. The second kappa shape index (κ2) is 7.62. The van der Waals surface area contributed by atoms with E-state index < -0.39 is 0 Å². The zero-order valence-electron chi connectivity index (χ0n) is 11.9. The molecule has 0 atom stereocenters. The number of rotatable bonds is 7. The molecule has 1 aromatic heterocycles. The summed E-state index contributed by atoms with van der Waals surface area (Å²) >= 11 is 3.42. The Morgan fingerprint density at radius 1 is 1.15 bits per heavy atom. The molecule has 4 heteroatoms. The van der Waals surface area contributed by atoms with Gasteiger partial charge in [-0.15, -0.1) is 0 Å². The molecule has 108 valence electrons. The van der Waals surface area contributed by atoms with Crippen LogP contribution in [0, 0.1) is 0 Å². The van der Waals surface area contributed by atoms with Crippen LogP contribution in [0.25, 0.3) is 0 Å². The highest BCUT2D eigenvalue weighted by atomic mass is 79.9. The fourth-order valence-corrected chi connectivity index (χ4v) is 2.07. The molecule has 0 fully saturated rings. The molecule has 0 aliphatic rings. The molecular formula is C16H20BrNO2. The van der Waals surface area contributed by atoms with Gasteiger partial charge < -0.3 is 14.5 Å². The first-order valence-electron chi connectivity index (χ1n) is 6.76. The summed E-state index contributed by atoms with van der Waals surface area (Å²) in [5.41, 5.74) is 2.32. The highest BCUT2D eigenvalue weighted by Gasteiger charge is 2.07. The Morgan fingerprint density at radius 3 is 2.60 bits per heavy atom. The third-order valence-corrected chi connectivity index (χ3v) is 3.48. The van der Waals surface area contributed by atoms with E-state index >= 15 is 0 Å². The number of hydrogen-bond acceptors (Lipinski definition) is 3. The van der Waals surface area contributed by atoms with Gasteiger partial charge in [0, 0.05) is 22.6 Å². The van der Waals surface area contributed by atoms with E-state index in [1.807, 2.05) is 30.3 Å². The van der Waals surface area contributed by atoms with Crippen LogP contribution in [0.5, 0.6) is 0 Å². The van der Waals surface area contributed by atoms with E-state index in [2.05, 4.69) is 35.1 Å². The molecule has 0 spiro atoms. The molecule has 3 nitrogen and oxygen atoms in total. The monoisotopic (exact) mass is 337 g/mol. The number of nitrogens with one attached hydrogen (secondary N) is 1. The minimum absolute atomic E-state index is 0.460. The highest BCUT2D eigenvalue weighted by molar-refractivity contribution is 9.10. The van der Waals surface area contributed by atoms with Gasteiger partial charge in [-0.25, -0.2) is 0 Å². The van der Waals surface area contributed by atoms with Crippen LogP contribution in [0.2, 0.25) is 0 Å². The Kier molecular flexibility index (Phi) is 5.83. The molecule has 1 heterocycles. The zero-order valence-corrected chi connectivity index (χ0v) is 13.4. The van der Waals surface area contributed by atoms with Crippen molar-refractivity contribution >= 4 is 15.9 Å². The Hall–Kier alpha value is -1.10. The van der Waals surface area contributed by atoms with E-state index in [0.29, 0.717) is 19.3 Å². The molecule has 0 amide bonds. The lowest BCUT2D eigenvalue weighted by molar-refractivity contribution is 0.0921. The van der Waals surface area contributed by atoms with Crippen molar-refractivity contribution in [3.63, 3.8) is 0 Å². The molecule has 20 heavy (non-hydrogen) atoms. The first-order chi connectivity index (χ1) is 9.65. The number of ether oxygens (including phenoxy) is 1. The van der Waals surface area contributed by atoms with Gasteiger partial charge in [-0.05, 0) is 23.8 Å². The quantitative estimate of drug-likeness (QED) is 0.819. The highest BCUT2D eigenvalue weighted by Crippen LogP contribution is 2.15. The van der Waals surface area contributed by atoms with Crippen molar-refractivity contribution in [3.8, 4) is 0 Å². The number of furan rings is 1. The molecule has 0 bridgehead atoms. The standard InChI is InChI=1S/C16H20BrNO2/c1-12(2)18-9-14-7-8-20-16(14)11-19-10-13-3-5-15(17)6-4-13/h3-8,12,18H,9-11H2,1-2H3.